The van der Waals surface area contributed by atoms with Crippen LogP contribution in [0.2, 0.25) is 0 Å². The van der Waals surface area contributed by atoms with Gasteiger partial charge in [0, 0.05) is 132 Å². The van der Waals surface area contributed by atoms with Gasteiger partial charge in [-0.15, -0.1) is 0 Å². The Hall–Kier alpha value is -8.88. The molecule has 2 amide bonds. The standard InChI is InChI=1S/C54H60N16O4/c1-10-49(71)59-41-27-43(63-53-55-15-12-39(61-53)36-24-34-13-16-68(6)51(34)56-31-36)47(73-8)29-45(41)67(5)21-18-66(4)33-38-26-40(37-25-35-14-17-69(7)52(35)57-32-37)62-54(58-38)64-44-28-42(60-50(72)11-2)46(30-48(44)74-9)70-22-19-65(3)20-23-70/h10-17,24-32H,1-2,18-23,33H2,3-9H3,(H,59,71)(H,60,72)(H,55,61,63)(H,58,62,64). The van der Waals surface area contributed by atoms with Gasteiger partial charge in [-0.05, 0) is 74.8 Å². The monoisotopic (exact) mass is 996 g/mol. The predicted molar refractivity (Wildman–Crippen MR) is 293 cm³/mol. The number of fused-ring (bicyclic) bond motifs is 2. The van der Waals surface area contributed by atoms with Gasteiger partial charge in [-0.25, -0.2) is 29.9 Å². The molecule has 8 aromatic rings. The van der Waals surface area contributed by atoms with Crippen molar-refractivity contribution in [3.8, 4) is 34.0 Å². The molecule has 20 nitrogen and oxygen atoms in total. The maximum atomic E-state index is 12.9. The van der Waals surface area contributed by atoms with Crippen molar-refractivity contribution >= 4 is 79.9 Å². The number of amides is 2. The zero-order valence-corrected chi connectivity index (χ0v) is 42.7. The molecule has 0 saturated carbocycles. The highest BCUT2D eigenvalue weighted by Gasteiger charge is 2.23. The van der Waals surface area contributed by atoms with Gasteiger partial charge >= 0.3 is 0 Å². The number of aryl methyl sites for hydroxylation is 2. The van der Waals surface area contributed by atoms with E-state index in [0.717, 1.165) is 70.8 Å². The Morgan fingerprint density at radius 3 is 1.88 bits per heavy atom. The van der Waals surface area contributed by atoms with Gasteiger partial charge in [-0.2, -0.15) is 0 Å². The van der Waals surface area contributed by atoms with E-state index in [9.17, 15) is 9.59 Å². The van der Waals surface area contributed by atoms with Crippen LogP contribution in [0.25, 0.3) is 44.6 Å². The van der Waals surface area contributed by atoms with E-state index in [1.165, 1.54) is 12.2 Å². The van der Waals surface area contributed by atoms with E-state index in [1.54, 1.807) is 32.7 Å². The summed E-state index contributed by atoms with van der Waals surface area (Å²) in [5, 5.41) is 14.7. The summed E-state index contributed by atoms with van der Waals surface area (Å²) in [5.41, 5.74) is 9.28. The van der Waals surface area contributed by atoms with Gasteiger partial charge in [0.15, 0.2) is 0 Å². The lowest BCUT2D eigenvalue weighted by Crippen LogP contribution is -2.44. The number of rotatable bonds is 19. The fourth-order valence-corrected chi connectivity index (χ4v) is 8.85. The molecule has 0 radical (unpaired) electrons. The van der Waals surface area contributed by atoms with Crippen molar-refractivity contribution in [1.29, 1.82) is 0 Å². The molecule has 2 aromatic carbocycles. The number of pyridine rings is 2. The second-order valence-corrected chi connectivity index (χ2v) is 18.2. The number of hydrogen-bond acceptors (Lipinski definition) is 16. The van der Waals surface area contributed by atoms with Crippen molar-refractivity contribution in [2.24, 2.45) is 14.1 Å². The Balaban J connectivity index is 0.971. The number of methoxy groups -OCH3 is 2. The highest BCUT2D eigenvalue weighted by Crippen LogP contribution is 2.40. The number of nitrogens with one attached hydrogen (secondary N) is 4. The molecule has 4 N–H and O–H groups in total. The molecule has 74 heavy (non-hydrogen) atoms. The molecule has 7 heterocycles. The number of hydrogen-bond donors (Lipinski definition) is 4. The Kier molecular flexibility index (Phi) is 14.8. The van der Waals surface area contributed by atoms with E-state index >= 15 is 0 Å². The first-order valence-corrected chi connectivity index (χ1v) is 24.0. The van der Waals surface area contributed by atoms with Gasteiger partial charge in [0.05, 0.1) is 65.4 Å². The van der Waals surface area contributed by atoms with E-state index in [0.29, 0.717) is 82.9 Å². The largest absolute Gasteiger partial charge is 0.494 e. The number of carbonyl (C=O) groups excluding carboxylic acids is 2. The number of anilines is 8. The maximum absolute atomic E-state index is 12.9. The van der Waals surface area contributed by atoms with E-state index < -0.39 is 0 Å². The highest BCUT2D eigenvalue weighted by molar-refractivity contribution is 6.03. The van der Waals surface area contributed by atoms with Gasteiger partial charge in [-0.1, -0.05) is 13.2 Å². The average molecular weight is 997 g/mol. The second kappa shape index (κ2) is 21.9. The van der Waals surface area contributed by atoms with Crippen molar-refractivity contribution in [2.45, 2.75) is 6.54 Å². The summed E-state index contributed by atoms with van der Waals surface area (Å²) in [6.45, 7) is 12.3. The zero-order valence-electron chi connectivity index (χ0n) is 42.7. The Labute approximate surface area is 429 Å². The third-order valence-corrected chi connectivity index (χ3v) is 13.0. The van der Waals surface area contributed by atoms with Crippen LogP contribution in [0.4, 0.5) is 46.0 Å². The Morgan fingerprint density at radius 1 is 0.662 bits per heavy atom. The molecule has 380 valence electrons. The SMILES string of the molecule is C=CC(=O)Nc1cc(Nc2nccc(-c3cnc4c(ccn4C)c3)n2)c(OC)cc1N(C)CCN(C)Cc1cc(-c2cnc3c(ccn3C)c2)nc(Nc2cc(NC(=O)C=C)c(N3CCN(C)CC3)cc2OC)n1. The summed E-state index contributed by atoms with van der Waals surface area (Å²) in [4.78, 5) is 63.1. The van der Waals surface area contributed by atoms with Gasteiger partial charge in [0.25, 0.3) is 0 Å². The van der Waals surface area contributed by atoms with Gasteiger partial charge in [-0.3, -0.25) is 14.5 Å². The zero-order chi connectivity index (χ0) is 52.0. The minimum Gasteiger partial charge on any atom is -0.494 e. The predicted octanol–water partition coefficient (Wildman–Crippen LogP) is 7.45. The topological polar surface area (TPSA) is 201 Å². The smallest absolute Gasteiger partial charge is 0.247 e. The number of piperazine rings is 1. The summed E-state index contributed by atoms with van der Waals surface area (Å²) in [7, 11) is 13.2. The van der Waals surface area contributed by atoms with Crippen LogP contribution >= 0.6 is 0 Å². The third-order valence-electron chi connectivity index (χ3n) is 13.0. The first kappa shape index (κ1) is 50.1. The molecule has 1 fully saturated rings. The summed E-state index contributed by atoms with van der Waals surface area (Å²) in [6.07, 6.45) is 11.7. The lowest BCUT2D eigenvalue weighted by Gasteiger charge is -2.35. The first-order chi connectivity index (χ1) is 35.8. The molecule has 1 aliphatic rings. The number of benzene rings is 2. The lowest BCUT2D eigenvalue weighted by molar-refractivity contribution is -0.112. The fourth-order valence-electron chi connectivity index (χ4n) is 8.85. The molecule has 1 saturated heterocycles. The quantitative estimate of drug-likeness (QED) is 0.0582. The van der Waals surface area contributed by atoms with Crippen LogP contribution in [0.3, 0.4) is 0 Å². The average Bonchev–Trinajstić information content (AvgIpc) is 3.98. The molecule has 0 atom stereocenters. The number of nitrogens with zero attached hydrogens (tertiary/aromatic N) is 12. The first-order valence-electron chi connectivity index (χ1n) is 24.0. The lowest BCUT2D eigenvalue weighted by atomic mass is 10.1. The Morgan fingerprint density at radius 2 is 1.24 bits per heavy atom. The van der Waals surface area contributed by atoms with Crippen LogP contribution in [-0.2, 0) is 30.2 Å². The molecule has 0 aliphatic carbocycles. The van der Waals surface area contributed by atoms with Crippen LogP contribution in [0.15, 0.2) is 117 Å². The van der Waals surface area contributed by atoms with E-state index in [4.69, 9.17) is 29.4 Å². The minimum absolute atomic E-state index is 0.328. The second-order valence-electron chi connectivity index (χ2n) is 18.2. The van der Waals surface area contributed by atoms with Crippen LogP contribution in [0, 0.1) is 0 Å². The van der Waals surface area contributed by atoms with Crippen molar-refractivity contribution in [2.75, 3.05) is 106 Å². The molecule has 6 aromatic heterocycles. The number of ether oxygens (including phenoxy) is 2. The van der Waals surface area contributed by atoms with Crippen molar-refractivity contribution in [1.82, 2.24) is 48.8 Å². The molecular formula is C54H60N16O4. The molecule has 0 spiro atoms. The molecule has 1 aliphatic heterocycles. The van der Waals surface area contributed by atoms with Gasteiger partial charge in [0.1, 0.15) is 22.8 Å². The highest BCUT2D eigenvalue weighted by atomic mass is 16.5. The van der Waals surface area contributed by atoms with Crippen molar-refractivity contribution in [3.05, 3.63) is 123 Å². The van der Waals surface area contributed by atoms with Gasteiger partial charge in [0.2, 0.25) is 23.7 Å². The van der Waals surface area contributed by atoms with E-state index in [1.807, 2.05) is 109 Å². The van der Waals surface area contributed by atoms with Crippen molar-refractivity contribution < 1.29 is 19.1 Å². The van der Waals surface area contributed by atoms with E-state index in [2.05, 4.69) is 72.2 Å². The summed E-state index contributed by atoms with van der Waals surface area (Å²) < 4.78 is 15.8. The van der Waals surface area contributed by atoms with Crippen LogP contribution in [-0.4, -0.2) is 135 Å². The fraction of sp³-hybridized carbons (Fsp3) is 0.259. The molecule has 0 unspecified atom stereocenters. The minimum atomic E-state index is -0.373. The normalized spacial score (nSPS) is 12.7. The number of carbonyl (C=O) groups is 2. The Bertz CT molecular complexity index is 3400. The molecule has 0 bridgehead atoms. The number of aromatic nitrogens is 8. The third kappa shape index (κ3) is 11.1. The molecular weight excluding hydrogens is 937 g/mol. The summed E-state index contributed by atoms with van der Waals surface area (Å²) >= 11 is 0. The summed E-state index contributed by atoms with van der Waals surface area (Å²) in [5.74, 6) is 1.02. The van der Waals surface area contributed by atoms with Crippen molar-refractivity contribution in [3.63, 3.8) is 0 Å². The van der Waals surface area contributed by atoms with Crippen LogP contribution in [0.1, 0.15) is 5.69 Å². The maximum Gasteiger partial charge on any atom is 0.247 e. The molecule has 9 rings (SSSR count). The summed E-state index contributed by atoms with van der Waals surface area (Å²) in [6, 6.07) is 19.4. The van der Waals surface area contributed by atoms with Crippen LogP contribution in [0.5, 0.6) is 11.5 Å². The van der Waals surface area contributed by atoms with E-state index in [-0.39, 0.29) is 11.8 Å². The van der Waals surface area contributed by atoms with Crippen LogP contribution < -0.4 is 40.5 Å². The molecule has 20 heteroatoms. The van der Waals surface area contributed by atoms with Gasteiger partial charge < -0.3 is 54.6 Å². The number of likely N-dealkylation sites (N-methyl/N-ethyl adjacent to an activating group) is 3.